The Morgan fingerprint density at radius 1 is 1.32 bits per heavy atom. The molecule has 2 rings (SSSR count). The monoisotopic (exact) mass is 367 g/mol. The highest BCUT2D eigenvalue weighted by molar-refractivity contribution is 7.91. The average molecular weight is 367 g/mol. The third-order valence-corrected chi connectivity index (χ3v) is 6.03. The highest BCUT2D eigenvalue weighted by Crippen LogP contribution is 2.18. The van der Waals surface area contributed by atoms with E-state index in [0.29, 0.717) is 18.9 Å². The first-order valence-electron chi connectivity index (χ1n) is 8.42. The first-order valence-corrected chi connectivity index (χ1v) is 10.2. The summed E-state index contributed by atoms with van der Waals surface area (Å²) in [6, 6.07) is 4.36. The number of amides is 2. The molecular weight excluding hydrogens is 342 g/mol. The Morgan fingerprint density at radius 2 is 2.00 bits per heavy atom. The first-order chi connectivity index (χ1) is 11.7. The third-order valence-electron chi connectivity index (χ3n) is 4.28. The van der Waals surface area contributed by atoms with E-state index in [1.54, 1.807) is 19.2 Å². The summed E-state index contributed by atoms with van der Waals surface area (Å²) < 4.78 is 23.2. The van der Waals surface area contributed by atoms with Crippen molar-refractivity contribution in [3.63, 3.8) is 0 Å². The van der Waals surface area contributed by atoms with E-state index in [1.807, 2.05) is 0 Å². The SMILES string of the molecule is CC(C)CCNC(=O)c1cccc(C(=O)N(C)C2CCS(=O)(=O)C2)n1. The maximum absolute atomic E-state index is 12.6. The Morgan fingerprint density at radius 3 is 2.60 bits per heavy atom. The Bertz CT molecular complexity index is 746. The van der Waals surface area contributed by atoms with Crippen LogP contribution < -0.4 is 5.32 Å². The van der Waals surface area contributed by atoms with Crippen molar-refractivity contribution in [3.8, 4) is 0 Å². The molecule has 8 heteroatoms. The van der Waals surface area contributed by atoms with Gasteiger partial charge < -0.3 is 10.2 Å². The molecule has 1 saturated heterocycles. The van der Waals surface area contributed by atoms with Gasteiger partial charge in [0.1, 0.15) is 11.4 Å². The van der Waals surface area contributed by atoms with Crippen molar-refractivity contribution < 1.29 is 18.0 Å². The van der Waals surface area contributed by atoms with Crippen molar-refractivity contribution in [1.82, 2.24) is 15.2 Å². The highest BCUT2D eigenvalue weighted by Gasteiger charge is 2.33. The Labute approximate surface area is 148 Å². The van der Waals surface area contributed by atoms with E-state index in [1.165, 1.54) is 11.0 Å². The van der Waals surface area contributed by atoms with Gasteiger partial charge in [-0.15, -0.1) is 0 Å². The van der Waals surface area contributed by atoms with Crippen LogP contribution in [-0.4, -0.2) is 61.3 Å². The van der Waals surface area contributed by atoms with Crippen LogP contribution in [-0.2, 0) is 9.84 Å². The van der Waals surface area contributed by atoms with E-state index >= 15 is 0 Å². The average Bonchev–Trinajstić information content (AvgIpc) is 2.93. The van der Waals surface area contributed by atoms with Crippen LogP contribution in [0.5, 0.6) is 0 Å². The van der Waals surface area contributed by atoms with Crippen molar-refractivity contribution in [2.45, 2.75) is 32.7 Å². The molecule has 1 fully saturated rings. The predicted octanol–water partition coefficient (Wildman–Crippen LogP) is 1.12. The maximum Gasteiger partial charge on any atom is 0.272 e. The maximum atomic E-state index is 12.6. The molecule has 1 aromatic heterocycles. The van der Waals surface area contributed by atoms with Gasteiger partial charge in [-0.25, -0.2) is 13.4 Å². The fourth-order valence-electron chi connectivity index (χ4n) is 2.67. The van der Waals surface area contributed by atoms with Crippen LogP contribution in [0.4, 0.5) is 0 Å². The zero-order valence-electron chi connectivity index (χ0n) is 14.9. The van der Waals surface area contributed by atoms with Crippen molar-refractivity contribution >= 4 is 21.7 Å². The molecule has 0 aliphatic carbocycles. The molecule has 1 aliphatic rings. The van der Waals surface area contributed by atoms with Gasteiger partial charge in [-0.05, 0) is 30.9 Å². The summed E-state index contributed by atoms with van der Waals surface area (Å²) in [5.74, 6) is -0.135. The minimum atomic E-state index is -3.07. The number of sulfone groups is 1. The minimum absolute atomic E-state index is 0.0232. The van der Waals surface area contributed by atoms with Crippen molar-refractivity contribution in [1.29, 1.82) is 0 Å². The van der Waals surface area contributed by atoms with E-state index in [4.69, 9.17) is 0 Å². The van der Waals surface area contributed by atoms with E-state index in [9.17, 15) is 18.0 Å². The van der Waals surface area contributed by atoms with E-state index in [0.717, 1.165) is 6.42 Å². The molecule has 2 heterocycles. The smallest absolute Gasteiger partial charge is 0.272 e. The molecule has 25 heavy (non-hydrogen) atoms. The van der Waals surface area contributed by atoms with Crippen molar-refractivity contribution in [2.75, 3.05) is 25.1 Å². The normalized spacial score (nSPS) is 19.0. The summed E-state index contributed by atoms with van der Waals surface area (Å²) in [7, 11) is -1.50. The number of pyridine rings is 1. The molecule has 0 radical (unpaired) electrons. The van der Waals surface area contributed by atoms with Gasteiger partial charge in [0.25, 0.3) is 11.8 Å². The molecule has 1 unspecified atom stereocenters. The lowest BCUT2D eigenvalue weighted by Crippen LogP contribution is -2.38. The number of aromatic nitrogens is 1. The lowest BCUT2D eigenvalue weighted by Gasteiger charge is -2.23. The second-order valence-corrected chi connectivity index (χ2v) is 9.05. The zero-order chi connectivity index (χ0) is 18.6. The minimum Gasteiger partial charge on any atom is -0.351 e. The summed E-state index contributed by atoms with van der Waals surface area (Å²) in [5, 5.41) is 2.79. The van der Waals surface area contributed by atoms with Crippen LogP contribution in [0.2, 0.25) is 0 Å². The van der Waals surface area contributed by atoms with Gasteiger partial charge in [0.15, 0.2) is 9.84 Å². The Balaban J connectivity index is 2.04. The van der Waals surface area contributed by atoms with Crippen LogP contribution >= 0.6 is 0 Å². The third kappa shape index (κ3) is 5.26. The molecule has 1 atom stereocenters. The van der Waals surface area contributed by atoms with Gasteiger partial charge in [-0.1, -0.05) is 19.9 Å². The van der Waals surface area contributed by atoms with Gasteiger partial charge in [0.05, 0.1) is 11.5 Å². The molecule has 1 N–H and O–H groups in total. The molecule has 1 aliphatic heterocycles. The summed E-state index contributed by atoms with van der Waals surface area (Å²) in [4.78, 5) is 30.2. The van der Waals surface area contributed by atoms with Crippen LogP contribution in [0.3, 0.4) is 0 Å². The van der Waals surface area contributed by atoms with Crippen LogP contribution in [0.15, 0.2) is 18.2 Å². The second-order valence-electron chi connectivity index (χ2n) is 6.82. The summed E-state index contributed by atoms with van der Waals surface area (Å²) in [6.07, 6.45) is 1.29. The van der Waals surface area contributed by atoms with Crippen LogP contribution in [0, 0.1) is 5.92 Å². The molecule has 0 saturated carbocycles. The quantitative estimate of drug-likeness (QED) is 0.813. The highest BCUT2D eigenvalue weighted by atomic mass is 32.2. The number of nitrogens with zero attached hydrogens (tertiary/aromatic N) is 2. The molecule has 7 nitrogen and oxygen atoms in total. The van der Waals surface area contributed by atoms with E-state index in [2.05, 4.69) is 24.1 Å². The zero-order valence-corrected chi connectivity index (χ0v) is 15.7. The number of nitrogens with one attached hydrogen (secondary N) is 1. The lowest BCUT2D eigenvalue weighted by molar-refractivity contribution is 0.0741. The van der Waals surface area contributed by atoms with Gasteiger partial charge in [-0.2, -0.15) is 0 Å². The summed E-state index contributed by atoms with van der Waals surface area (Å²) >= 11 is 0. The number of rotatable bonds is 6. The Hall–Kier alpha value is -1.96. The van der Waals surface area contributed by atoms with Crippen LogP contribution in [0.25, 0.3) is 0 Å². The second kappa shape index (κ2) is 7.95. The summed E-state index contributed by atoms with van der Waals surface area (Å²) in [6.45, 7) is 4.70. The first kappa shape index (κ1) is 19.4. The molecule has 1 aromatic rings. The van der Waals surface area contributed by atoms with Gasteiger partial charge >= 0.3 is 0 Å². The van der Waals surface area contributed by atoms with E-state index in [-0.39, 0.29) is 40.7 Å². The predicted molar refractivity (Wildman–Crippen MR) is 95.2 cm³/mol. The largest absolute Gasteiger partial charge is 0.351 e. The number of carbonyl (C=O) groups excluding carboxylic acids is 2. The van der Waals surface area contributed by atoms with Gasteiger partial charge in [0.2, 0.25) is 0 Å². The number of hydrogen-bond acceptors (Lipinski definition) is 5. The van der Waals surface area contributed by atoms with Gasteiger partial charge in [0, 0.05) is 19.6 Å². The molecule has 0 bridgehead atoms. The molecule has 0 aromatic carbocycles. The van der Waals surface area contributed by atoms with Crippen molar-refractivity contribution in [2.24, 2.45) is 5.92 Å². The van der Waals surface area contributed by atoms with Crippen LogP contribution in [0.1, 0.15) is 47.7 Å². The van der Waals surface area contributed by atoms with E-state index < -0.39 is 9.84 Å². The molecule has 138 valence electrons. The van der Waals surface area contributed by atoms with Gasteiger partial charge in [-0.3, -0.25) is 9.59 Å². The fraction of sp³-hybridized carbons (Fsp3) is 0.588. The topological polar surface area (TPSA) is 96.4 Å². The number of carbonyl (C=O) groups is 2. The lowest BCUT2D eigenvalue weighted by atomic mass is 10.1. The Kier molecular flexibility index (Phi) is 6.16. The molecular formula is C17H25N3O4S. The fourth-order valence-corrected chi connectivity index (χ4v) is 4.45. The number of hydrogen-bond donors (Lipinski definition) is 1. The standard InChI is InChI=1S/C17H25N3O4S/c1-12(2)7-9-18-16(21)14-5-4-6-15(19-14)17(22)20(3)13-8-10-25(23,24)11-13/h4-6,12-13H,7-11H2,1-3H3,(H,18,21). The summed E-state index contributed by atoms with van der Waals surface area (Å²) in [5.41, 5.74) is 0.324. The van der Waals surface area contributed by atoms with Crippen molar-refractivity contribution in [3.05, 3.63) is 29.6 Å². The molecule has 2 amide bonds. The molecule has 0 spiro atoms.